The molecule has 0 radical (unpaired) electrons. The lowest BCUT2D eigenvalue weighted by Crippen LogP contribution is -2.01. The SMILES string of the molecule is COC(=O)c1c[nH]cc1-c1csc(C)n1. The predicted molar refractivity (Wildman–Crippen MR) is 58.0 cm³/mol. The van der Waals surface area contributed by atoms with E-state index in [-0.39, 0.29) is 5.97 Å². The van der Waals surface area contributed by atoms with Crippen LogP contribution in [-0.2, 0) is 4.74 Å². The largest absolute Gasteiger partial charge is 0.465 e. The molecule has 2 heterocycles. The molecule has 5 heteroatoms. The number of rotatable bonds is 2. The summed E-state index contributed by atoms with van der Waals surface area (Å²) >= 11 is 1.55. The van der Waals surface area contributed by atoms with E-state index >= 15 is 0 Å². The standard InChI is InChI=1S/C10H10N2O2S/c1-6-12-9(5-15-6)7-3-11-4-8(7)10(13)14-2/h3-5,11H,1-2H3. The van der Waals surface area contributed by atoms with Crippen LogP contribution in [0.2, 0.25) is 0 Å². The summed E-state index contributed by atoms with van der Waals surface area (Å²) in [6, 6.07) is 0. The fraction of sp³-hybridized carbons (Fsp3) is 0.200. The van der Waals surface area contributed by atoms with Crippen molar-refractivity contribution in [3.63, 3.8) is 0 Å². The van der Waals surface area contributed by atoms with E-state index in [1.807, 2.05) is 12.3 Å². The molecule has 0 saturated heterocycles. The monoisotopic (exact) mass is 222 g/mol. The Bertz CT molecular complexity index is 487. The first kappa shape index (κ1) is 9.92. The zero-order valence-corrected chi connectivity index (χ0v) is 9.22. The van der Waals surface area contributed by atoms with E-state index in [9.17, 15) is 4.79 Å². The molecule has 0 amide bonds. The third-order valence-electron chi connectivity index (χ3n) is 2.05. The van der Waals surface area contributed by atoms with Crippen molar-refractivity contribution >= 4 is 17.3 Å². The van der Waals surface area contributed by atoms with Gasteiger partial charge in [-0.3, -0.25) is 0 Å². The van der Waals surface area contributed by atoms with Crippen molar-refractivity contribution in [1.29, 1.82) is 0 Å². The molecule has 2 aromatic heterocycles. The first-order valence-electron chi connectivity index (χ1n) is 4.40. The molecule has 0 spiro atoms. The lowest BCUT2D eigenvalue weighted by Gasteiger charge is -1.98. The molecular weight excluding hydrogens is 212 g/mol. The third kappa shape index (κ3) is 1.78. The van der Waals surface area contributed by atoms with Crippen molar-refractivity contribution < 1.29 is 9.53 Å². The molecule has 0 bridgehead atoms. The van der Waals surface area contributed by atoms with Crippen LogP contribution in [0.5, 0.6) is 0 Å². The molecule has 2 rings (SSSR count). The molecule has 0 unspecified atom stereocenters. The van der Waals surface area contributed by atoms with Crippen molar-refractivity contribution in [2.24, 2.45) is 0 Å². The Morgan fingerprint density at radius 3 is 2.93 bits per heavy atom. The number of aromatic nitrogens is 2. The van der Waals surface area contributed by atoms with E-state index < -0.39 is 0 Å². The van der Waals surface area contributed by atoms with Crippen molar-refractivity contribution in [3.8, 4) is 11.3 Å². The first-order chi connectivity index (χ1) is 7.22. The maximum atomic E-state index is 11.4. The highest BCUT2D eigenvalue weighted by Gasteiger charge is 2.15. The number of hydrogen-bond acceptors (Lipinski definition) is 4. The minimum Gasteiger partial charge on any atom is -0.465 e. The van der Waals surface area contributed by atoms with Crippen LogP contribution < -0.4 is 0 Å². The Balaban J connectivity index is 2.45. The van der Waals surface area contributed by atoms with Crippen LogP contribution in [0.4, 0.5) is 0 Å². The van der Waals surface area contributed by atoms with Gasteiger partial charge in [0.25, 0.3) is 0 Å². The number of carbonyl (C=O) groups is 1. The summed E-state index contributed by atoms with van der Waals surface area (Å²) in [5.41, 5.74) is 2.10. The molecule has 1 N–H and O–H groups in total. The van der Waals surface area contributed by atoms with Gasteiger partial charge >= 0.3 is 5.97 Å². The normalized spacial score (nSPS) is 10.3. The van der Waals surface area contributed by atoms with E-state index in [2.05, 4.69) is 14.7 Å². The average molecular weight is 222 g/mol. The minimum absolute atomic E-state index is 0.350. The van der Waals surface area contributed by atoms with Crippen molar-refractivity contribution in [2.75, 3.05) is 7.11 Å². The van der Waals surface area contributed by atoms with Crippen molar-refractivity contribution in [2.45, 2.75) is 6.92 Å². The fourth-order valence-corrected chi connectivity index (χ4v) is 1.95. The van der Waals surface area contributed by atoms with Gasteiger partial charge in [0.1, 0.15) is 0 Å². The Hall–Kier alpha value is -1.62. The number of thiazole rings is 1. The maximum Gasteiger partial charge on any atom is 0.340 e. The van der Waals surface area contributed by atoms with Gasteiger partial charge in [-0.2, -0.15) is 0 Å². The number of H-pyrrole nitrogens is 1. The van der Waals surface area contributed by atoms with Gasteiger partial charge in [0, 0.05) is 23.3 Å². The number of carbonyl (C=O) groups excluding carboxylic acids is 1. The van der Waals surface area contributed by atoms with Crippen LogP contribution in [0.1, 0.15) is 15.4 Å². The summed E-state index contributed by atoms with van der Waals surface area (Å²) in [5.74, 6) is -0.350. The summed E-state index contributed by atoms with van der Waals surface area (Å²) in [7, 11) is 1.37. The number of hydrogen-bond donors (Lipinski definition) is 1. The quantitative estimate of drug-likeness (QED) is 0.793. The van der Waals surface area contributed by atoms with Gasteiger partial charge in [-0.15, -0.1) is 11.3 Å². The number of nitrogens with zero attached hydrogens (tertiary/aromatic N) is 1. The average Bonchev–Trinajstić information content (AvgIpc) is 2.84. The molecule has 0 fully saturated rings. The van der Waals surface area contributed by atoms with E-state index in [1.54, 1.807) is 23.7 Å². The molecular formula is C10H10N2O2S. The van der Waals surface area contributed by atoms with Gasteiger partial charge in [-0.05, 0) is 6.92 Å². The number of ether oxygens (including phenoxy) is 1. The van der Waals surface area contributed by atoms with Crippen molar-refractivity contribution in [1.82, 2.24) is 9.97 Å². The molecule has 4 nitrogen and oxygen atoms in total. The minimum atomic E-state index is -0.350. The molecule has 0 aliphatic heterocycles. The number of nitrogens with one attached hydrogen (secondary N) is 1. The van der Waals surface area contributed by atoms with E-state index in [1.165, 1.54) is 7.11 Å². The Labute approximate surface area is 90.9 Å². The second-order valence-corrected chi connectivity index (χ2v) is 4.09. The fourth-order valence-electron chi connectivity index (χ4n) is 1.34. The van der Waals surface area contributed by atoms with E-state index in [4.69, 9.17) is 0 Å². The van der Waals surface area contributed by atoms with Crippen LogP contribution in [0.15, 0.2) is 17.8 Å². The Morgan fingerprint density at radius 2 is 2.33 bits per heavy atom. The van der Waals surface area contributed by atoms with E-state index in [0.29, 0.717) is 5.56 Å². The summed E-state index contributed by atoms with van der Waals surface area (Å²) in [5, 5.41) is 2.90. The summed E-state index contributed by atoms with van der Waals surface area (Å²) in [6.07, 6.45) is 3.37. The van der Waals surface area contributed by atoms with Gasteiger partial charge in [-0.25, -0.2) is 9.78 Å². The van der Waals surface area contributed by atoms with E-state index in [0.717, 1.165) is 16.3 Å². The van der Waals surface area contributed by atoms with Gasteiger partial charge < -0.3 is 9.72 Å². The van der Waals surface area contributed by atoms with Crippen LogP contribution in [-0.4, -0.2) is 23.0 Å². The molecule has 0 aliphatic carbocycles. The van der Waals surface area contributed by atoms with Gasteiger partial charge in [0.05, 0.1) is 23.4 Å². The zero-order chi connectivity index (χ0) is 10.8. The molecule has 0 aliphatic rings. The Kier molecular flexibility index (Phi) is 2.55. The summed E-state index contributed by atoms with van der Waals surface area (Å²) < 4.78 is 4.68. The van der Waals surface area contributed by atoms with Gasteiger partial charge in [0.2, 0.25) is 0 Å². The molecule has 0 aromatic carbocycles. The van der Waals surface area contributed by atoms with Crippen molar-refractivity contribution in [3.05, 3.63) is 28.3 Å². The van der Waals surface area contributed by atoms with Crippen LogP contribution in [0.3, 0.4) is 0 Å². The third-order valence-corrected chi connectivity index (χ3v) is 2.82. The zero-order valence-electron chi connectivity index (χ0n) is 8.40. The highest BCUT2D eigenvalue weighted by Crippen LogP contribution is 2.25. The number of aromatic amines is 1. The topological polar surface area (TPSA) is 55.0 Å². The number of methoxy groups -OCH3 is 1. The highest BCUT2D eigenvalue weighted by atomic mass is 32.1. The summed E-state index contributed by atoms with van der Waals surface area (Å²) in [4.78, 5) is 18.6. The van der Waals surface area contributed by atoms with Gasteiger partial charge in [-0.1, -0.05) is 0 Å². The molecule has 0 saturated carbocycles. The number of esters is 1. The van der Waals surface area contributed by atoms with Gasteiger partial charge in [0.15, 0.2) is 0 Å². The predicted octanol–water partition coefficient (Wildman–Crippen LogP) is 2.23. The van der Waals surface area contributed by atoms with Crippen LogP contribution in [0.25, 0.3) is 11.3 Å². The molecule has 2 aromatic rings. The molecule has 78 valence electrons. The first-order valence-corrected chi connectivity index (χ1v) is 5.28. The van der Waals surface area contributed by atoms with Crippen LogP contribution >= 0.6 is 11.3 Å². The highest BCUT2D eigenvalue weighted by molar-refractivity contribution is 7.09. The lowest BCUT2D eigenvalue weighted by molar-refractivity contribution is 0.0602. The molecule has 15 heavy (non-hydrogen) atoms. The second-order valence-electron chi connectivity index (χ2n) is 3.03. The lowest BCUT2D eigenvalue weighted by atomic mass is 10.1. The summed E-state index contributed by atoms with van der Waals surface area (Å²) in [6.45, 7) is 1.93. The van der Waals surface area contributed by atoms with Crippen LogP contribution in [0, 0.1) is 6.92 Å². The number of aryl methyl sites for hydroxylation is 1. The smallest absolute Gasteiger partial charge is 0.340 e. The second kappa shape index (κ2) is 3.86. The molecule has 0 atom stereocenters. The maximum absolute atomic E-state index is 11.4. The Morgan fingerprint density at radius 1 is 1.53 bits per heavy atom.